The van der Waals surface area contributed by atoms with Gasteiger partial charge in [0.1, 0.15) is 5.54 Å². The summed E-state index contributed by atoms with van der Waals surface area (Å²) in [6.45, 7) is 6.93. The summed E-state index contributed by atoms with van der Waals surface area (Å²) in [4.78, 5) is 14.2. The predicted octanol–water partition coefficient (Wildman–Crippen LogP) is 1.30. The summed E-state index contributed by atoms with van der Waals surface area (Å²) < 4.78 is 0. The van der Waals surface area contributed by atoms with Crippen LogP contribution in [0, 0.1) is 11.8 Å². The monoisotopic (exact) mass is 275 g/mol. The van der Waals surface area contributed by atoms with Crippen LogP contribution in [0.1, 0.15) is 25.8 Å². The molecule has 1 aliphatic rings. The van der Waals surface area contributed by atoms with Crippen molar-refractivity contribution in [2.75, 3.05) is 19.6 Å². The minimum absolute atomic E-state index is 0.463. The van der Waals surface area contributed by atoms with Gasteiger partial charge in [-0.2, -0.15) is 0 Å². The van der Waals surface area contributed by atoms with Gasteiger partial charge in [0, 0.05) is 19.6 Å². The molecule has 4 heteroatoms. The zero-order valence-corrected chi connectivity index (χ0v) is 12.4. The molecule has 0 saturated carbocycles. The summed E-state index contributed by atoms with van der Waals surface area (Å²) in [7, 11) is 0. The van der Waals surface area contributed by atoms with Gasteiger partial charge in [-0.05, 0) is 23.8 Å². The van der Waals surface area contributed by atoms with E-state index < -0.39 is 11.4 Å². The second-order valence-corrected chi connectivity index (χ2v) is 6.34. The van der Waals surface area contributed by atoms with E-state index in [9.17, 15) is 4.79 Å². The van der Waals surface area contributed by atoms with Crippen LogP contribution < -0.4 is 11.5 Å². The highest BCUT2D eigenvalue weighted by Crippen LogP contribution is 2.25. The van der Waals surface area contributed by atoms with Crippen LogP contribution in [-0.4, -0.2) is 30.4 Å². The molecule has 20 heavy (non-hydrogen) atoms. The van der Waals surface area contributed by atoms with E-state index in [0.717, 1.165) is 18.7 Å². The fraction of sp³-hybridized carbons (Fsp3) is 0.562. The van der Waals surface area contributed by atoms with Crippen molar-refractivity contribution >= 4 is 5.91 Å². The molecule has 3 unspecified atom stereocenters. The van der Waals surface area contributed by atoms with Crippen molar-refractivity contribution < 1.29 is 4.79 Å². The predicted molar refractivity (Wildman–Crippen MR) is 80.9 cm³/mol. The number of carbonyl (C=O) groups is 1. The minimum Gasteiger partial charge on any atom is -0.368 e. The number of likely N-dealkylation sites (tertiary alicyclic amines) is 1. The first kappa shape index (κ1) is 15.0. The van der Waals surface area contributed by atoms with E-state index in [1.807, 2.05) is 30.3 Å². The molecule has 1 amide bonds. The van der Waals surface area contributed by atoms with Gasteiger partial charge in [0.15, 0.2) is 0 Å². The molecule has 0 spiro atoms. The van der Waals surface area contributed by atoms with Gasteiger partial charge in [-0.15, -0.1) is 0 Å². The Morgan fingerprint density at radius 2 is 1.80 bits per heavy atom. The summed E-state index contributed by atoms with van der Waals surface area (Å²) in [5.74, 6) is 0.799. The maximum absolute atomic E-state index is 11.9. The average Bonchev–Trinajstić information content (AvgIpc) is 2.38. The van der Waals surface area contributed by atoms with Crippen molar-refractivity contribution in [3.63, 3.8) is 0 Å². The Hall–Kier alpha value is -1.39. The fourth-order valence-corrected chi connectivity index (χ4v) is 3.32. The molecule has 1 fully saturated rings. The number of hydrogen-bond acceptors (Lipinski definition) is 3. The molecule has 0 bridgehead atoms. The summed E-state index contributed by atoms with van der Waals surface area (Å²) in [6.07, 6.45) is 1.23. The molecule has 0 radical (unpaired) electrons. The number of amides is 1. The van der Waals surface area contributed by atoms with Crippen LogP contribution in [0.25, 0.3) is 0 Å². The third-order valence-electron chi connectivity index (χ3n) is 4.15. The van der Waals surface area contributed by atoms with Crippen LogP contribution in [-0.2, 0) is 10.3 Å². The van der Waals surface area contributed by atoms with E-state index in [1.165, 1.54) is 6.42 Å². The largest absolute Gasteiger partial charge is 0.368 e. The molecule has 1 aromatic carbocycles. The smallest absolute Gasteiger partial charge is 0.243 e. The lowest BCUT2D eigenvalue weighted by Gasteiger charge is -2.39. The Kier molecular flexibility index (Phi) is 4.45. The number of hydrogen-bond donors (Lipinski definition) is 2. The van der Waals surface area contributed by atoms with Crippen molar-refractivity contribution in [2.24, 2.45) is 23.3 Å². The fourth-order valence-electron chi connectivity index (χ4n) is 3.32. The average molecular weight is 275 g/mol. The number of rotatable bonds is 4. The quantitative estimate of drug-likeness (QED) is 0.870. The zero-order chi connectivity index (χ0) is 14.8. The van der Waals surface area contributed by atoms with Crippen molar-refractivity contribution in [3.8, 4) is 0 Å². The lowest BCUT2D eigenvalue weighted by Crippen LogP contribution is -2.58. The summed E-state index contributed by atoms with van der Waals surface area (Å²) in [5.41, 5.74) is 11.6. The van der Waals surface area contributed by atoms with Crippen molar-refractivity contribution in [1.29, 1.82) is 0 Å². The first-order valence-electron chi connectivity index (χ1n) is 7.28. The van der Waals surface area contributed by atoms with Gasteiger partial charge in [0.05, 0.1) is 0 Å². The molecule has 3 atom stereocenters. The van der Waals surface area contributed by atoms with Crippen LogP contribution in [0.3, 0.4) is 0 Å². The third-order valence-corrected chi connectivity index (χ3v) is 4.15. The zero-order valence-electron chi connectivity index (χ0n) is 12.4. The molecule has 2 rings (SSSR count). The molecule has 4 nitrogen and oxygen atoms in total. The third kappa shape index (κ3) is 3.19. The van der Waals surface area contributed by atoms with Gasteiger partial charge < -0.3 is 16.4 Å². The number of benzene rings is 1. The number of nitrogens with zero attached hydrogens (tertiary/aromatic N) is 1. The van der Waals surface area contributed by atoms with Crippen LogP contribution >= 0.6 is 0 Å². The molecular weight excluding hydrogens is 250 g/mol. The molecule has 1 saturated heterocycles. The van der Waals surface area contributed by atoms with Crippen LogP contribution in [0.5, 0.6) is 0 Å². The Bertz CT molecular complexity index is 452. The lowest BCUT2D eigenvalue weighted by molar-refractivity contribution is -0.124. The van der Waals surface area contributed by atoms with E-state index in [0.29, 0.717) is 18.4 Å². The van der Waals surface area contributed by atoms with E-state index >= 15 is 0 Å². The Labute approximate surface area is 121 Å². The number of carbonyl (C=O) groups excluding carboxylic acids is 1. The Balaban J connectivity index is 2.20. The second kappa shape index (κ2) is 5.94. The van der Waals surface area contributed by atoms with Gasteiger partial charge in [-0.3, -0.25) is 4.79 Å². The van der Waals surface area contributed by atoms with Gasteiger partial charge in [-0.1, -0.05) is 44.2 Å². The van der Waals surface area contributed by atoms with Crippen molar-refractivity contribution in [1.82, 2.24) is 4.90 Å². The van der Waals surface area contributed by atoms with Gasteiger partial charge >= 0.3 is 0 Å². The second-order valence-electron chi connectivity index (χ2n) is 6.34. The first-order chi connectivity index (χ1) is 9.41. The highest BCUT2D eigenvalue weighted by atomic mass is 16.1. The minimum atomic E-state index is -1.11. The first-order valence-corrected chi connectivity index (χ1v) is 7.28. The molecule has 0 aliphatic carbocycles. The summed E-state index contributed by atoms with van der Waals surface area (Å²) in [5, 5.41) is 0. The van der Waals surface area contributed by atoms with Crippen LogP contribution in [0.4, 0.5) is 0 Å². The topological polar surface area (TPSA) is 72.3 Å². The number of nitrogens with two attached hydrogens (primary N) is 2. The number of primary amides is 1. The molecule has 1 aromatic rings. The van der Waals surface area contributed by atoms with E-state index in [4.69, 9.17) is 11.5 Å². The summed E-state index contributed by atoms with van der Waals surface area (Å²) in [6, 6.07) is 9.45. The molecule has 110 valence electrons. The SMILES string of the molecule is CC1CC(C)CN(CC(N)(C(N)=O)c2ccccc2)C1. The highest BCUT2D eigenvalue weighted by Gasteiger charge is 2.37. The molecule has 1 aliphatic heterocycles. The lowest BCUT2D eigenvalue weighted by atomic mass is 9.86. The maximum atomic E-state index is 11.9. The van der Waals surface area contributed by atoms with E-state index in [2.05, 4.69) is 18.7 Å². The Morgan fingerprint density at radius 3 is 2.30 bits per heavy atom. The van der Waals surface area contributed by atoms with E-state index in [1.54, 1.807) is 0 Å². The summed E-state index contributed by atoms with van der Waals surface area (Å²) >= 11 is 0. The number of piperidine rings is 1. The molecule has 0 aromatic heterocycles. The van der Waals surface area contributed by atoms with Gasteiger partial charge in [0.2, 0.25) is 5.91 Å². The molecule has 1 heterocycles. The Morgan fingerprint density at radius 1 is 1.25 bits per heavy atom. The van der Waals surface area contributed by atoms with Crippen LogP contribution in [0.2, 0.25) is 0 Å². The molecular formula is C16H25N3O. The normalized spacial score (nSPS) is 26.9. The van der Waals surface area contributed by atoms with Gasteiger partial charge in [-0.25, -0.2) is 0 Å². The van der Waals surface area contributed by atoms with Crippen LogP contribution in [0.15, 0.2) is 30.3 Å². The van der Waals surface area contributed by atoms with E-state index in [-0.39, 0.29) is 0 Å². The highest BCUT2D eigenvalue weighted by molar-refractivity contribution is 5.86. The molecule has 4 N–H and O–H groups in total. The van der Waals surface area contributed by atoms with Gasteiger partial charge in [0.25, 0.3) is 0 Å². The van der Waals surface area contributed by atoms with Crippen molar-refractivity contribution in [3.05, 3.63) is 35.9 Å². The maximum Gasteiger partial charge on any atom is 0.243 e. The van der Waals surface area contributed by atoms with Crippen molar-refractivity contribution in [2.45, 2.75) is 25.8 Å². The standard InChI is InChI=1S/C16H25N3O/c1-12-8-13(2)10-19(9-12)11-16(18,15(17)20)14-6-4-3-5-7-14/h3-7,12-13H,8-11,18H2,1-2H3,(H2,17,20).